The van der Waals surface area contributed by atoms with Gasteiger partial charge >= 0.3 is 11.9 Å². The van der Waals surface area contributed by atoms with Crippen molar-refractivity contribution >= 4 is 11.9 Å². The maximum absolute atomic E-state index is 11.4. The molecule has 0 aromatic rings. The van der Waals surface area contributed by atoms with Gasteiger partial charge in [0.05, 0.1) is 13.5 Å². The van der Waals surface area contributed by atoms with Crippen LogP contribution in [0.2, 0.25) is 0 Å². The summed E-state index contributed by atoms with van der Waals surface area (Å²) in [5.74, 6) is -1.39. The summed E-state index contributed by atoms with van der Waals surface area (Å²) in [7, 11) is 1.21. The van der Waals surface area contributed by atoms with Gasteiger partial charge in [-0.3, -0.25) is 4.79 Å². The molecule has 0 amide bonds. The van der Waals surface area contributed by atoms with Crippen LogP contribution in [0.4, 0.5) is 0 Å². The largest absolute Gasteiger partial charge is 0.469 e. The first-order valence-electron chi connectivity index (χ1n) is 5.02. The van der Waals surface area contributed by atoms with E-state index in [1.54, 1.807) is 6.08 Å². The van der Waals surface area contributed by atoms with Gasteiger partial charge in [-0.1, -0.05) is 5.57 Å². The van der Waals surface area contributed by atoms with Crippen LogP contribution in [0.1, 0.15) is 26.7 Å². The topological polar surface area (TPSA) is 72.8 Å². The summed E-state index contributed by atoms with van der Waals surface area (Å²) in [5, 5.41) is 9.94. The Morgan fingerprint density at radius 3 is 2.81 bits per heavy atom. The van der Waals surface area contributed by atoms with Crippen LogP contribution in [0, 0.1) is 0 Å². The molecule has 0 saturated carbocycles. The minimum Gasteiger partial charge on any atom is -0.469 e. The lowest BCUT2D eigenvalue weighted by Gasteiger charge is -2.15. The standard InChI is InChI=1S/C11H16O5/c1-7(2)4-8-5-11(14,10(13)16-8)6-9(12)15-3/h4,8,14H,5-6H2,1-3H3/t8?,11-/m1/s1. The van der Waals surface area contributed by atoms with Crippen LogP contribution < -0.4 is 0 Å². The molecule has 90 valence electrons. The number of hydrogen-bond donors (Lipinski definition) is 1. The molecule has 1 aliphatic rings. The molecule has 5 heteroatoms. The molecule has 0 aromatic heterocycles. The monoisotopic (exact) mass is 228 g/mol. The van der Waals surface area contributed by atoms with E-state index in [1.165, 1.54) is 7.11 Å². The number of carbonyl (C=O) groups excluding carboxylic acids is 2. The molecule has 0 bridgehead atoms. The summed E-state index contributed by atoms with van der Waals surface area (Å²) >= 11 is 0. The second-order valence-corrected chi connectivity index (χ2v) is 4.18. The predicted molar refractivity (Wildman–Crippen MR) is 55.5 cm³/mol. The molecule has 1 aliphatic heterocycles. The third-order valence-corrected chi connectivity index (χ3v) is 2.36. The number of hydrogen-bond acceptors (Lipinski definition) is 5. The van der Waals surface area contributed by atoms with Gasteiger partial charge in [-0.25, -0.2) is 4.79 Å². The lowest BCUT2D eigenvalue weighted by molar-refractivity contribution is -0.161. The van der Waals surface area contributed by atoms with Gasteiger partial charge in [0.15, 0.2) is 5.60 Å². The normalized spacial score (nSPS) is 28.5. The van der Waals surface area contributed by atoms with E-state index in [4.69, 9.17) is 4.74 Å². The Kier molecular flexibility index (Phi) is 3.70. The average Bonchev–Trinajstić information content (AvgIpc) is 2.40. The predicted octanol–water partition coefficient (Wildman–Crippen LogP) is 0.562. The van der Waals surface area contributed by atoms with Crippen molar-refractivity contribution in [2.24, 2.45) is 0 Å². The molecule has 0 spiro atoms. The number of cyclic esters (lactones) is 1. The van der Waals surface area contributed by atoms with Crippen molar-refractivity contribution in [1.29, 1.82) is 0 Å². The highest BCUT2D eigenvalue weighted by molar-refractivity contribution is 5.87. The Balaban J connectivity index is 2.73. The zero-order valence-electron chi connectivity index (χ0n) is 9.65. The summed E-state index contributed by atoms with van der Waals surface area (Å²) in [6.07, 6.45) is 1.00. The van der Waals surface area contributed by atoms with Crippen LogP contribution in [0.25, 0.3) is 0 Å². The van der Waals surface area contributed by atoms with Crippen molar-refractivity contribution < 1.29 is 24.2 Å². The zero-order chi connectivity index (χ0) is 12.3. The first-order chi connectivity index (χ1) is 7.37. The molecule has 1 unspecified atom stereocenters. The Morgan fingerprint density at radius 1 is 1.69 bits per heavy atom. The van der Waals surface area contributed by atoms with Crippen LogP contribution in [-0.2, 0) is 19.1 Å². The second kappa shape index (κ2) is 4.65. The zero-order valence-corrected chi connectivity index (χ0v) is 9.65. The van der Waals surface area contributed by atoms with E-state index in [1.807, 2.05) is 13.8 Å². The van der Waals surface area contributed by atoms with E-state index in [9.17, 15) is 14.7 Å². The Bertz CT molecular complexity index is 329. The van der Waals surface area contributed by atoms with Crippen molar-refractivity contribution in [3.8, 4) is 0 Å². The smallest absolute Gasteiger partial charge is 0.339 e. The van der Waals surface area contributed by atoms with E-state index in [0.717, 1.165) is 5.57 Å². The summed E-state index contributed by atoms with van der Waals surface area (Å²) in [5.41, 5.74) is -0.760. The van der Waals surface area contributed by atoms with Crippen LogP contribution in [0.15, 0.2) is 11.6 Å². The molecule has 1 fully saturated rings. The third-order valence-electron chi connectivity index (χ3n) is 2.36. The summed E-state index contributed by atoms with van der Waals surface area (Å²) in [6, 6.07) is 0. The van der Waals surface area contributed by atoms with Crippen molar-refractivity contribution in [3.05, 3.63) is 11.6 Å². The highest BCUT2D eigenvalue weighted by Crippen LogP contribution is 2.30. The third kappa shape index (κ3) is 2.82. The number of esters is 2. The maximum Gasteiger partial charge on any atom is 0.339 e. The number of carbonyl (C=O) groups is 2. The van der Waals surface area contributed by atoms with Crippen LogP contribution in [0.5, 0.6) is 0 Å². The Hall–Kier alpha value is -1.36. The Labute approximate surface area is 94.0 Å². The van der Waals surface area contributed by atoms with Crippen LogP contribution in [-0.4, -0.2) is 35.9 Å². The molecule has 1 heterocycles. The minimum absolute atomic E-state index is 0.0894. The highest BCUT2D eigenvalue weighted by atomic mass is 16.6. The van der Waals surface area contributed by atoms with E-state index < -0.39 is 23.6 Å². The number of rotatable bonds is 3. The van der Waals surface area contributed by atoms with Gasteiger partial charge < -0.3 is 14.6 Å². The first-order valence-corrected chi connectivity index (χ1v) is 5.02. The van der Waals surface area contributed by atoms with E-state index in [-0.39, 0.29) is 12.8 Å². The van der Waals surface area contributed by atoms with Crippen LogP contribution in [0.3, 0.4) is 0 Å². The molecule has 1 saturated heterocycles. The summed E-state index contributed by atoms with van der Waals surface area (Å²) in [4.78, 5) is 22.5. The van der Waals surface area contributed by atoms with Gasteiger partial charge in [-0.15, -0.1) is 0 Å². The minimum atomic E-state index is -1.75. The summed E-state index contributed by atoms with van der Waals surface area (Å²) in [6.45, 7) is 3.73. The quantitative estimate of drug-likeness (QED) is 0.564. The number of allylic oxidation sites excluding steroid dienone is 1. The second-order valence-electron chi connectivity index (χ2n) is 4.18. The SMILES string of the molecule is COC(=O)C[C@]1(O)CC(C=C(C)C)OC1=O. The molecule has 2 atom stereocenters. The van der Waals surface area contributed by atoms with Gasteiger partial charge in [0, 0.05) is 6.42 Å². The fourth-order valence-corrected chi connectivity index (χ4v) is 1.63. The van der Waals surface area contributed by atoms with E-state index in [0.29, 0.717) is 0 Å². The maximum atomic E-state index is 11.4. The molecule has 0 aliphatic carbocycles. The molecular weight excluding hydrogens is 212 g/mol. The molecule has 16 heavy (non-hydrogen) atoms. The molecule has 0 radical (unpaired) electrons. The number of ether oxygens (including phenoxy) is 2. The number of methoxy groups -OCH3 is 1. The molecule has 5 nitrogen and oxygen atoms in total. The molecule has 1 rings (SSSR count). The van der Waals surface area contributed by atoms with Gasteiger partial charge in [0.25, 0.3) is 0 Å². The fraction of sp³-hybridized carbons (Fsp3) is 0.636. The molecular formula is C11H16O5. The molecule has 1 N–H and O–H groups in total. The van der Waals surface area contributed by atoms with Crippen molar-refractivity contribution in [1.82, 2.24) is 0 Å². The van der Waals surface area contributed by atoms with Crippen molar-refractivity contribution in [2.75, 3.05) is 7.11 Å². The van der Waals surface area contributed by atoms with Gasteiger partial charge in [0.2, 0.25) is 0 Å². The molecule has 0 aromatic carbocycles. The average molecular weight is 228 g/mol. The highest BCUT2D eigenvalue weighted by Gasteiger charge is 2.48. The Morgan fingerprint density at radius 2 is 2.31 bits per heavy atom. The van der Waals surface area contributed by atoms with Crippen LogP contribution >= 0.6 is 0 Å². The summed E-state index contributed by atoms with van der Waals surface area (Å²) < 4.78 is 9.38. The lowest BCUT2D eigenvalue weighted by Crippen LogP contribution is -2.37. The van der Waals surface area contributed by atoms with Crippen molar-refractivity contribution in [3.63, 3.8) is 0 Å². The lowest BCUT2D eigenvalue weighted by atomic mass is 9.95. The van der Waals surface area contributed by atoms with Gasteiger partial charge in [0.1, 0.15) is 6.10 Å². The van der Waals surface area contributed by atoms with E-state index >= 15 is 0 Å². The van der Waals surface area contributed by atoms with Gasteiger partial charge in [-0.2, -0.15) is 0 Å². The first kappa shape index (κ1) is 12.7. The van der Waals surface area contributed by atoms with Gasteiger partial charge in [-0.05, 0) is 19.9 Å². The van der Waals surface area contributed by atoms with E-state index in [2.05, 4.69) is 4.74 Å². The van der Waals surface area contributed by atoms with Crippen molar-refractivity contribution in [2.45, 2.75) is 38.4 Å². The number of aliphatic hydroxyl groups is 1. The fourth-order valence-electron chi connectivity index (χ4n) is 1.63.